The second-order valence-corrected chi connectivity index (χ2v) is 22.0. The SMILES string of the molecule is CO[C@@H](C)COc1nc(N2C[C@@H]3C[C@H]2CN3)c2cc(C(F)(F)F)c(-c3c(Cl)c(F)cc4[nH]ncc34)c(OCc3ccc(-c4cn([C@H](C(=O)N5C[C@H](O)C[C@H]5C(=O)N[C@@H](CO)c5ccc(-c6ccccc6Cl)cc5)C(C)C)nn4)cc3)c2n1. The topological polar surface area (TPSA) is 218 Å². The third kappa shape index (κ3) is 11.0. The van der Waals surface area contributed by atoms with E-state index in [-0.39, 0.29) is 89.1 Å². The van der Waals surface area contributed by atoms with Crippen LogP contribution in [0.1, 0.15) is 62.4 Å². The normalized spacial score (nSPS) is 19.1. The van der Waals surface area contributed by atoms with Gasteiger partial charge in [0.25, 0.3) is 0 Å². The van der Waals surface area contributed by atoms with Crippen molar-refractivity contribution in [2.75, 3.05) is 44.9 Å². The molecule has 0 radical (unpaired) electrons. The molecule has 82 heavy (non-hydrogen) atoms. The number of halogens is 6. The summed E-state index contributed by atoms with van der Waals surface area (Å²) in [6.07, 6.45) is -2.85. The van der Waals surface area contributed by atoms with E-state index in [1.165, 1.54) is 22.9 Å². The van der Waals surface area contributed by atoms with Gasteiger partial charge in [0, 0.05) is 89.4 Å². The van der Waals surface area contributed by atoms with Crippen LogP contribution in [0.3, 0.4) is 0 Å². The van der Waals surface area contributed by atoms with Gasteiger partial charge in [-0.2, -0.15) is 28.2 Å². The predicted molar refractivity (Wildman–Crippen MR) is 299 cm³/mol. The number of β-amino-alcohol motifs (C(OH)–C–C–N with tert-alkyl or cyclic N) is 1. The molecule has 428 valence electrons. The quantitative estimate of drug-likeness (QED) is 0.0507. The average molecular weight is 1170 g/mol. The Morgan fingerprint density at radius 1 is 0.927 bits per heavy atom. The number of aliphatic hydroxyl groups excluding tert-OH is 2. The van der Waals surface area contributed by atoms with E-state index in [0.717, 1.165) is 29.7 Å². The Hall–Kier alpha value is -7.47. The first-order chi connectivity index (χ1) is 39.4. The van der Waals surface area contributed by atoms with Gasteiger partial charge in [-0.1, -0.05) is 109 Å². The van der Waals surface area contributed by atoms with Gasteiger partial charge < -0.3 is 44.9 Å². The van der Waals surface area contributed by atoms with Crippen LogP contribution in [0.5, 0.6) is 11.8 Å². The van der Waals surface area contributed by atoms with E-state index < -0.39 is 76.9 Å². The second kappa shape index (κ2) is 23.1. The van der Waals surface area contributed by atoms with Crippen molar-refractivity contribution in [2.24, 2.45) is 5.92 Å². The number of anilines is 1. The number of nitrogens with one attached hydrogen (secondary N) is 3. The smallest absolute Gasteiger partial charge is 0.417 e. The van der Waals surface area contributed by atoms with Gasteiger partial charge in [-0.15, -0.1) is 5.10 Å². The van der Waals surface area contributed by atoms with E-state index in [9.17, 15) is 19.8 Å². The van der Waals surface area contributed by atoms with Crippen molar-refractivity contribution in [3.8, 4) is 45.3 Å². The van der Waals surface area contributed by atoms with Crippen molar-refractivity contribution in [3.05, 3.63) is 130 Å². The number of aromatic nitrogens is 7. The van der Waals surface area contributed by atoms with Gasteiger partial charge in [0.1, 0.15) is 48.1 Å². The molecule has 18 nitrogen and oxygen atoms in total. The number of hydrogen-bond donors (Lipinski definition) is 5. The minimum Gasteiger partial charge on any atom is -0.486 e. The molecule has 5 N–H and O–H groups in total. The van der Waals surface area contributed by atoms with Crippen molar-refractivity contribution in [3.63, 3.8) is 0 Å². The molecule has 2 bridgehead atoms. The first kappa shape index (κ1) is 56.4. The molecule has 0 saturated carbocycles. The molecule has 7 atom stereocenters. The lowest BCUT2D eigenvalue weighted by Gasteiger charge is -2.30. The standard InChI is InChI=1S/C58H57Cl2F4N11O7/c1-29(2)52(56(79)74-24-37(77)18-47(74)55(78)67-46(26-76)34-15-13-32(14-16-34)38-7-5-6-8-42(38)59)75-25-45(71-72-75)33-11-9-31(10-12-33)28-81-53-49(48-40-22-66-70-44(40)20-43(61)50(48)60)41(58(62,63)64)19-39-51(53)68-57(82-27-30(3)80-4)69-54(39)73-23-35-17-36(73)21-65-35/h5-16,19-20,22,25,29-30,35-37,46-47,52,65,76-77H,17-18,21,23-24,26-28H2,1-4H3,(H,66,70)(H,67,78)/t30-,35-,36-,37+,46-,47-,52-/m0/s1. The van der Waals surface area contributed by atoms with Gasteiger partial charge >= 0.3 is 12.2 Å². The number of hydrogen-bond acceptors (Lipinski definition) is 14. The number of benzene rings is 5. The van der Waals surface area contributed by atoms with Gasteiger partial charge in [-0.25, -0.2) is 9.07 Å². The Balaban J connectivity index is 0.878. The Morgan fingerprint density at radius 3 is 2.37 bits per heavy atom. The minimum absolute atomic E-state index is 0.0109. The van der Waals surface area contributed by atoms with Crippen LogP contribution in [0.2, 0.25) is 10.0 Å². The number of rotatable bonds is 18. The van der Waals surface area contributed by atoms with Crippen LogP contribution in [-0.4, -0.2) is 132 Å². The summed E-state index contributed by atoms with van der Waals surface area (Å²) in [6, 6.07) is 20.5. The van der Waals surface area contributed by atoms with E-state index in [0.29, 0.717) is 40.5 Å². The number of H-pyrrole nitrogens is 1. The summed E-state index contributed by atoms with van der Waals surface area (Å²) in [6.45, 7) is 5.61. The van der Waals surface area contributed by atoms with Crippen LogP contribution in [-0.2, 0) is 27.1 Å². The highest BCUT2D eigenvalue weighted by molar-refractivity contribution is 6.35. The van der Waals surface area contributed by atoms with E-state index in [4.69, 9.17) is 47.4 Å². The van der Waals surface area contributed by atoms with Gasteiger partial charge in [-0.3, -0.25) is 14.7 Å². The summed E-state index contributed by atoms with van der Waals surface area (Å²) >= 11 is 13.1. The van der Waals surface area contributed by atoms with Crippen molar-refractivity contribution >= 4 is 62.6 Å². The fourth-order valence-corrected chi connectivity index (χ4v) is 11.7. The zero-order valence-corrected chi connectivity index (χ0v) is 46.3. The van der Waals surface area contributed by atoms with Gasteiger partial charge in [0.05, 0.1) is 53.4 Å². The first-order valence-corrected chi connectivity index (χ1v) is 27.5. The summed E-state index contributed by atoms with van der Waals surface area (Å²) in [7, 11) is 1.51. The van der Waals surface area contributed by atoms with Crippen molar-refractivity contribution in [2.45, 2.75) is 88.8 Å². The molecule has 2 amide bonds. The molecule has 8 aromatic rings. The number of amides is 2. The van der Waals surface area contributed by atoms with Crippen LogP contribution in [0.15, 0.2) is 97.3 Å². The molecule has 5 aromatic carbocycles. The molecular weight excluding hydrogens is 1110 g/mol. The maximum absolute atomic E-state index is 15.8. The largest absolute Gasteiger partial charge is 0.486 e. The molecule has 24 heteroatoms. The Morgan fingerprint density at radius 2 is 1.68 bits per heavy atom. The summed E-state index contributed by atoms with van der Waals surface area (Å²) < 4.78 is 82.7. The zero-order valence-electron chi connectivity index (χ0n) is 44.8. The average Bonchev–Trinajstić information content (AvgIpc) is 4.51. The van der Waals surface area contributed by atoms with Crippen LogP contribution < -0.4 is 25.0 Å². The number of alkyl halides is 3. The van der Waals surface area contributed by atoms with Crippen LogP contribution in [0.4, 0.5) is 23.4 Å². The van der Waals surface area contributed by atoms with Crippen LogP contribution >= 0.6 is 23.2 Å². The number of carbonyl (C=O) groups is 2. The lowest BCUT2D eigenvalue weighted by atomic mass is 9.93. The van der Waals surface area contributed by atoms with Gasteiger partial charge in [0.15, 0.2) is 5.75 Å². The highest BCUT2D eigenvalue weighted by atomic mass is 35.5. The number of aliphatic hydroxyl groups is 2. The van der Waals surface area contributed by atoms with Gasteiger partial charge in [-0.05, 0) is 48.1 Å². The maximum Gasteiger partial charge on any atom is 0.417 e. The monoisotopic (exact) mass is 1170 g/mol. The van der Waals surface area contributed by atoms with E-state index in [1.54, 1.807) is 55.6 Å². The van der Waals surface area contributed by atoms with Gasteiger partial charge in [0.2, 0.25) is 11.8 Å². The molecule has 3 aliphatic heterocycles. The van der Waals surface area contributed by atoms with Crippen LogP contribution in [0, 0.1) is 11.7 Å². The molecule has 0 aliphatic carbocycles. The molecule has 3 aliphatic rings. The predicted octanol–water partition coefficient (Wildman–Crippen LogP) is 9.12. The molecule has 0 unspecified atom stereocenters. The van der Waals surface area contributed by atoms with E-state index in [2.05, 4.69) is 31.1 Å². The second-order valence-electron chi connectivity index (χ2n) is 21.2. The fraction of sp³-hybridized carbons (Fsp3) is 0.362. The number of ether oxygens (including phenoxy) is 3. The van der Waals surface area contributed by atoms with E-state index in [1.807, 2.05) is 49.1 Å². The lowest BCUT2D eigenvalue weighted by molar-refractivity contribution is -0.142. The molecule has 3 saturated heterocycles. The number of piperazine rings is 1. The lowest BCUT2D eigenvalue weighted by Crippen LogP contribution is -2.50. The Bertz CT molecular complexity index is 3680. The maximum atomic E-state index is 15.8. The third-order valence-electron chi connectivity index (χ3n) is 15.5. The number of methoxy groups -OCH3 is 1. The summed E-state index contributed by atoms with van der Waals surface area (Å²) in [5, 5.41) is 43.1. The summed E-state index contributed by atoms with van der Waals surface area (Å²) in [4.78, 5) is 41.3. The minimum atomic E-state index is -5.04. The van der Waals surface area contributed by atoms with Crippen LogP contribution in [0.25, 0.3) is 55.3 Å². The summed E-state index contributed by atoms with van der Waals surface area (Å²) in [5.74, 6) is -2.53. The number of aromatic amines is 1. The first-order valence-electron chi connectivity index (χ1n) is 26.7. The third-order valence-corrected chi connectivity index (χ3v) is 16.2. The highest BCUT2D eigenvalue weighted by Gasteiger charge is 2.45. The molecule has 0 spiro atoms. The fourth-order valence-electron chi connectivity index (χ4n) is 11.2. The number of carbonyl (C=O) groups excluding carboxylic acids is 2. The van der Waals surface area contributed by atoms with Crippen molar-refractivity contribution < 1.29 is 51.6 Å². The van der Waals surface area contributed by atoms with E-state index >= 15 is 17.6 Å². The Labute approximate surface area is 477 Å². The molecular formula is C58H57Cl2F4N11O7. The molecule has 3 aromatic heterocycles. The van der Waals surface area contributed by atoms with Crippen molar-refractivity contribution in [1.82, 2.24) is 50.7 Å². The number of fused-ring (bicyclic) bond motifs is 4. The summed E-state index contributed by atoms with van der Waals surface area (Å²) in [5.41, 5.74) is 1.74. The zero-order chi connectivity index (χ0) is 57.7. The Kier molecular flexibility index (Phi) is 15.9. The number of likely N-dealkylation sites (tertiary alicyclic amines) is 1. The van der Waals surface area contributed by atoms with Crippen molar-refractivity contribution in [1.29, 1.82) is 0 Å². The molecule has 3 fully saturated rings. The molecule has 11 rings (SSSR count). The number of nitrogens with zero attached hydrogens (tertiary/aromatic N) is 8. The highest BCUT2D eigenvalue weighted by Crippen LogP contribution is 2.52. The molecule has 6 heterocycles.